The Morgan fingerprint density at radius 3 is 2.53 bits per heavy atom. The van der Waals surface area contributed by atoms with Crippen LogP contribution < -0.4 is 21.3 Å². The Bertz CT molecular complexity index is 1460. The molecule has 9 heteroatoms. The second-order valence-corrected chi connectivity index (χ2v) is 8.95. The summed E-state index contributed by atoms with van der Waals surface area (Å²) in [7, 11) is 0. The molecule has 0 saturated carbocycles. The van der Waals surface area contributed by atoms with Crippen LogP contribution in [0.3, 0.4) is 0 Å². The summed E-state index contributed by atoms with van der Waals surface area (Å²) < 4.78 is 0. The van der Waals surface area contributed by atoms with Gasteiger partial charge in [0.25, 0.3) is 0 Å². The van der Waals surface area contributed by atoms with Gasteiger partial charge in [-0.15, -0.1) is 0 Å². The van der Waals surface area contributed by atoms with E-state index in [2.05, 4.69) is 30.5 Å². The molecule has 180 valence electrons. The fourth-order valence-corrected chi connectivity index (χ4v) is 4.52. The first kappa shape index (κ1) is 22.0. The molecule has 0 spiro atoms. The average molecular weight is 478 g/mol. The number of imidazole rings is 1. The van der Waals surface area contributed by atoms with E-state index in [-0.39, 0.29) is 6.04 Å². The minimum Gasteiger partial charge on any atom is -0.355 e. The molecule has 0 amide bonds. The fraction of sp³-hybridized carbons (Fsp3) is 0.185. The lowest BCUT2D eigenvalue weighted by molar-refractivity contribution is 0.503. The average Bonchev–Trinajstić information content (AvgIpc) is 3.38. The Balaban J connectivity index is 1.27. The Labute approximate surface area is 208 Å². The van der Waals surface area contributed by atoms with Gasteiger partial charge in [0.2, 0.25) is 5.95 Å². The summed E-state index contributed by atoms with van der Waals surface area (Å²) in [6.45, 7) is 1.80. The molecular weight excluding hydrogens is 450 g/mol. The number of nitrogens with two attached hydrogens (primary N) is 1. The Hall–Kier alpha value is -4.50. The van der Waals surface area contributed by atoms with Gasteiger partial charge in [0.15, 0.2) is 5.65 Å². The zero-order valence-corrected chi connectivity index (χ0v) is 19.7. The van der Waals surface area contributed by atoms with Gasteiger partial charge in [-0.2, -0.15) is 4.98 Å². The van der Waals surface area contributed by atoms with E-state index in [4.69, 9.17) is 15.7 Å². The third-order valence-electron chi connectivity index (χ3n) is 6.26. The van der Waals surface area contributed by atoms with Crippen LogP contribution in [0.25, 0.3) is 22.4 Å². The number of benzene rings is 2. The molecule has 5 aromatic rings. The van der Waals surface area contributed by atoms with Crippen LogP contribution in [-0.4, -0.2) is 44.1 Å². The molecule has 6 rings (SSSR count). The zero-order valence-electron chi connectivity index (χ0n) is 19.7. The number of aromatic amines is 1. The van der Waals surface area contributed by atoms with Crippen molar-refractivity contribution in [1.29, 1.82) is 0 Å². The first-order valence-corrected chi connectivity index (χ1v) is 12.1. The van der Waals surface area contributed by atoms with Gasteiger partial charge in [-0.25, -0.2) is 15.0 Å². The highest BCUT2D eigenvalue weighted by molar-refractivity contribution is 5.88. The number of nitrogens with one attached hydrogen (secondary N) is 3. The molecule has 1 saturated heterocycles. The first-order valence-electron chi connectivity index (χ1n) is 12.1. The van der Waals surface area contributed by atoms with Crippen LogP contribution in [-0.2, 0) is 0 Å². The van der Waals surface area contributed by atoms with Gasteiger partial charge in [-0.05, 0) is 55.3 Å². The zero-order chi connectivity index (χ0) is 24.3. The van der Waals surface area contributed by atoms with Crippen molar-refractivity contribution >= 4 is 40.0 Å². The van der Waals surface area contributed by atoms with Crippen molar-refractivity contribution in [2.75, 3.05) is 28.6 Å². The molecule has 1 atom stereocenters. The molecule has 4 heterocycles. The number of H-pyrrole nitrogens is 1. The Morgan fingerprint density at radius 2 is 1.72 bits per heavy atom. The SMILES string of the molecule is NC1CCCN(c2ccc(-c3nc(Nc4cccc(Nc5ccccc5)c4)nc4[nH]cnc34)cn2)C1. The van der Waals surface area contributed by atoms with Gasteiger partial charge < -0.3 is 26.3 Å². The number of aromatic nitrogens is 5. The van der Waals surface area contributed by atoms with Gasteiger partial charge in [-0.1, -0.05) is 24.3 Å². The van der Waals surface area contributed by atoms with E-state index in [1.54, 1.807) is 6.33 Å². The molecule has 9 nitrogen and oxygen atoms in total. The van der Waals surface area contributed by atoms with Crippen molar-refractivity contribution in [3.63, 3.8) is 0 Å². The van der Waals surface area contributed by atoms with Crippen molar-refractivity contribution in [2.24, 2.45) is 5.73 Å². The molecule has 1 fully saturated rings. The summed E-state index contributed by atoms with van der Waals surface area (Å²) in [5, 5.41) is 6.75. The lowest BCUT2D eigenvalue weighted by Crippen LogP contribution is -2.43. The summed E-state index contributed by atoms with van der Waals surface area (Å²) in [6.07, 6.45) is 5.63. The van der Waals surface area contributed by atoms with Crippen molar-refractivity contribution in [3.05, 3.63) is 79.3 Å². The van der Waals surface area contributed by atoms with Gasteiger partial charge in [0, 0.05) is 48.0 Å². The molecule has 5 N–H and O–H groups in total. The maximum atomic E-state index is 6.15. The lowest BCUT2D eigenvalue weighted by atomic mass is 10.1. The number of para-hydroxylation sites is 1. The molecule has 36 heavy (non-hydrogen) atoms. The van der Waals surface area contributed by atoms with E-state index in [0.717, 1.165) is 60.1 Å². The van der Waals surface area contributed by atoms with E-state index < -0.39 is 0 Å². The van der Waals surface area contributed by atoms with Crippen LogP contribution in [0.1, 0.15) is 12.8 Å². The maximum absolute atomic E-state index is 6.15. The van der Waals surface area contributed by atoms with E-state index in [1.807, 2.05) is 72.9 Å². The van der Waals surface area contributed by atoms with Gasteiger partial charge in [-0.3, -0.25) is 0 Å². The predicted octanol–water partition coefficient (Wildman–Crippen LogP) is 4.83. The highest BCUT2D eigenvalue weighted by Gasteiger charge is 2.19. The number of rotatable bonds is 6. The standard InChI is InChI=1S/C27H27N9/c28-19-6-5-13-36(16-19)23-12-11-18(15-29-23)24-25-26(31-17-30-25)35-27(34-24)33-22-10-4-9-21(14-22)32-20-7-2-1-3-8-20/h1-4,7-12,14-15,17,19,32H,5-6,13,16,28H2,(H2,30,31,33,34,35). The first-order chi connectivity index (χ1) is 17.7. The van der Waals surface area contributed by atoms with Crippen LogP contribution in [0.4, 0.5) is 28.8 Å². The van der Waals surface area contributed by atoms with Crippen LogP contribution >= 0.6 is 0 Å². The van der Waals surface area contributed by atoms with Crippen molar-refractivity contribution in [1.82, 2.24) is 24.9 Å². The lowest BCUT2D eigenvalue weighted by Gasteiger charge is -2.31. The van der Waals surface area contributed by atoms with Crippen LogP contribution in [0.2, 0.25) is 0 Å². The third kappa shape index (κ3) is 4.69. The van der Waals surface area contributed by atoms with E-state index in [9.17, 15) is 0 Å². The highest BCUT2D eigenvalue weighted by atomic mass is 15.2. The second kappa shape index (κ2) is 9.63. The summed E-state index contributed by atoms with van der Waals surface area (Å²) in [5.41, 5.74) is 12.0. The predicted molar refractivity (Wildman–Crippen MR) is 144 cm³/mol. The summed E-state index contributed by atoms with van der Waals surface area (Å²) in [4.78, 5) is 24.0. The fourth-order valence-electron chi connectivity index (χ4n) is 4.52. The highest BCUT2D eigenvalue weighted by Crippen LogP contribution is 2.28. The largest absolute Gasteiger partial charge is 0.355 e. The minimum atomic E-state index is 0.195. The van der Waals surface area contributed by atoms with Crippen molar-refractivity contribution in [3.8, 4) is 11.3 Å². The number of hydrogen-bond acceptors (Lipinski definition) is 8. The van der Waals surface area contributed by atoms with E-state index >= 15 is 0 Å². The molecule has 1 aliphatic rings. The quantitative estimate of drug-likeness (QED) is 0.274. The molecule has 1 aliphatic heterocycles. The third-order valence-corrected chi connectivity index (χ3v) is 6.26. The summed E-state index contributed by atoms with van der Waals surface area (Å²) in [5.74, 6) is 1.41. The van der Waals surface area contributed by atoms with E-state index in [1.165, 1.54) is 0 Å². The van der Waals surface area contributed by atoms with Crippen LogP contribution in [0.15, 0.2) is 79.3 Å². The van der Waals surface area contributed by atoms with Crippen molar-refractivity contribution < 1.29 is 0 Å². The number of nitrogens with zero attached hydrogens (tertiary/aromatic N) is 5. The molecule has 0 bridgehead atoms. The van der Waals surface area contributed by atoms with Gasteiger partial charge in [0.05, 0.1) is 6.33 Å². The molecular formula is C27H27N9. The summed E-state index contributed by atoms with van der Waals surface area (Å²) in [6, 6.07) is 22.3. The molecule has 0 aliphatic carbocycles. The second-order valence-electron chi connectivity index (χ2n) is 8.95. The molecule has 2 aromatic carbocycles. The van der Waals surface area contributed by atoms with Crippen LogP contribution in [0.5, 0.6) is 0 Å². The summed E-state index contributed by atoms with van der Waals surface area (Å²) >= 11 is 0. The molecule has 3 aromatic heterocycles. The number of hydrogen-bond donors (Lipinski definition) is 4. The maximum Gasteiger partial charge on any atom is 0.229 e. The molecule has 1 unspecified atom stereocenters. The van der Waals surface area contributed by atoms with Gasteiger partial charge in [0.1, 0.15) is 17.0 Å². The minimum absolute atomic E-state index is 0.195. The molecule has 0 radical (unpaired) electrons. The Morgan fingerprint density at radius 1 is 0.889 bits per heavy atom. The van der Waals surface area contributed by atoms with Gasteiger partial charge >= 0.3 is 0 Å². The van der Waals surface area contributed by atoms with E-state index in [0.29, 0.717) is 17.1 Å². The number of piperidine rings is 1. The normalized spacial score (nSPS) is 15.7. The number of anilines is 5. The number of fused-ring (bicyclic) bond motifs is 1. The number of pyridine rings is 1. The topological polar surface area (TPSA) is 121 Å². The monoisotopic (exact) mass is 477 g/mol. The Kier molecular flexibility index (Phi) is 5.88. The van der Waals surface area contributed by atoms with Crippen LogP contribution in [0, 0.1) is 0 Å². The smallest absolute Gasteiger partial charge is 0.229 e. The van der Waals surface area contributed by atoms with Crippen molar-refractivity contribution in [2.45, 2.75) is 18.9 Å².